The van der Waals surface area contributed by atoms with Crippen molar-refractivity contribution in [2.24, 2.45) is 0 Å². The fourth-order valence-electron chi connectivity index (χ4n) is 1.99. The first-order valence-electron chi connectivity index (χ1n) is 5.85. The van der Waals surface area contributed by atoms with Crippen LogP contribution in [0.3, 0.4) is 0 Å². The number of carbonyl (C=O) groups is 1. The summed E-state index contributed by atoms with van der Waals surface area (Å²) in [6.07, 6.45) is -0.870. The van der Waals surface area contributed by atoms with Gasteiger partial charge in [0, 0.05) is 5.56 Å². The standard InChI is InChI=1S/C13H10F3NO4/c1-6-8(15)4-7-11(10(6)16)17(3-2-14)5-9(12(7)18)21-13(19)20/h4-5H,2-3H2,1H3,(H,19,20). The number of rotatable bonds is 3. The monoisotopic (exact) mass is 301 g/mol. The SMILES string of the molecule is Cc1c(F)cc2c(=O)c(OC(=O)O)cn(CCF)c2c1F. The first kappa shape index (κ1) is 14.9. The Labute approximate surface area is 116 Å². The average molecular weight is 301 g/mol. The second-order valence-electron chi connectivity index (χ2n) is 4.27. The van der Waals surface area contributed by atoms with Crippen LogP contribution in [0, 0.1) is 18.6 Å². The lowest BCUT2D eigenvalue weighted by molar-refractivity contribution is 0.143. The van der Waals surface area contributed by atoms with E-state index in [0.717, 1.165) is 16.8 Å². The zero-order valence-corrected chi connectivity index (χ0v) is 10.8. The molecule has 5 nitrogen and oxygen atoms in total. The number of halogens is 3. The molecule has 1 aromatic carbocycles. The fraction of sp³-hybridized carbons (Fsp3) is 0.231. The van der Waals surface area contributed by atoms with Crippen molar-refractivity contribution in [3.63, 3.8) is 0 Å². The van der Waals surface area contributed by atoms with E-state index >= 15 is 0 Å². The zero-order chi connectivity index (χ0) is 15.7. The molecule has 0 bridgehead atoms. The second kappa shape index (κ2) is 5.47. The van der Waals surface area contributed by atoms with Gasteiger partial charge < -0.3 is 14.4 Å². The van der Waals surface area contributed by atoms with Gasteiger partial charge in [0.15, 0.2) is 11.6 Å². The smallest absolute Gasteiger partial charge is 0.449 e. The molecule has 2 rings (SSSR count). The predicted molar refractivity (Wildman–Crippen MR) is 67.5 cm³/mol. The fourth-order valence-corrected chi connectivity index (χ4v) is 1.99. The van der Waals surface area contributed by atoms with E-state index in [0.29, 0.717) is 0 Å². The molecule has 0 amide bonds. The molecule has 112 valence electrons. The maximum absolute atomic E-state index is 14.1. The van der Waals surface area contributed by atoms with E-state index in [1.54, 1.807) is 0 Å². The number of pyridine rings is 1. The van der Waals surface area contributed by atoms with Gasteiger partial charge in [-0.2, -0.15) is 0 Å². The Hall–Kier alpha value is -2.51. The number of fused-ring (bicyclic) bond motifs is 1. The maximum atomic E-state index is 14.1. The van der Waals surface area contributed by atoms with Crippen molar-refractivity contribution in [2.75, 3.05) is 6.67 Å². The minimum Gasteiger partial charge on any atom is -0.449 e. The third-order valence-corrected chi connectivity index (χ3v) is 2.97. The predicted octanol–water partition coefficient (Wildman–Crippen LogP) is 2.61. The number of hydrogen-bond acceptors (Lipinski definition) is 3. The maximum Gasteiger partial charge on any atom is 0.511 e. The van der Waals surface area contributed by atoms with Crippen LogP contribution in [0.15, 0.2) is 17.1 Å². The van der Waals surface area contributed by atoms with Crippen LogP contribution in [-0.2, 0) is 6.54 Å². The van der Waals surface area contributed by atoms with Crippen molar-refractivity contribution >= 4 is 17.1 Å². The lowest BCUT2D eigenvalue weighted by Crippen LogP contribution is -2.18. The molecule has 0 aliphatic heterocycles. The lowest BCUT2D eigenvalue weighted by Gasteiger charge is -2.13. The van der Waals surface area contributed by atoms with Gasteiger partial charge >= 0.3 is 6.16 Å². The number of ether oxygens (including phenoxy) is 1. The second-order valence-corrected chi connectivity index (χ2v) is 4.27. The Morgan fingerprint density at radius 2 is 2.10 bits per heavy atom. The highest BCUT2D eigenvalue weighted by Gasteiger charge is 2.19. The molecular formula is C13H10F3NO4. The quantitative estimate of drug-likeness (QED) is 0.885. The minimum absolute atomic E-state index is 0.297. The summed E-state index contributed by atoms with van der Waals surface area (Å²) < 4.78 is 45.5. The Balaban J connectivity index is 2.90. The topological polar surface area (TPSA) is 68.5 Å². The molecular weight excluding hydrogens is 291 g/mol. The molecule has 21 heavy (non-hydrogen) atoms. The molecule has 0 fully saturated rings. The van der Waals surface area contributed by atoms with E-state index in [1.165, 1.54) is 6.92 Å². The number of aromatic nitrogens is 1. The van der Waals surface area contributed by atoms with Gasteiger partial charge in [0.1, 0.15) is 12.5 Å². The van der Waals surface area contributed by atoms with Crippen LogP contribution >= 0.6 is 0 Å². The van der Waals surface area contributed by atoms with Crippen LogP contribution < -0.4 is 10.2 Å². The van der Waals surface area contributed by atoms with Gasteiger partial charge in [-0.05, 0) is 13.0 Å². The van der Waals surface area contributed by atoms with Gasteiger partial charge in [-0.15, -0.1) is 0 Å². The summed E-state index contributed by atoms with van der Waals surface area (Å²) in [6, 6.07) is 0.777. The summed E-state index contributed by atoms with van der Waals surface area (Å²) in [5.41, 5.74) is -1.60. The molecule has 1 aromatic heterocycles. The molecule has 0 spiro atoms. The van der Waals surface area contributed by atoms with Gasteiger partial charge in [0.05, 0.1) is 23.6 Å². The Morgan fingerprint density at radius 1 is 1.43 bits per heavy atom. The first-order chi connectivity index (χ1) is 9.86. The number of nitrogens with zero attached hydrogens (tertiary/aromatic N) is 1. The highest BCUT2D eigenvalue weighted by Crippen LogP contribution is 2.24. The highest BCUT2D eigenvalue weighted by molar-refractivity contribution is 5.82. The van der Waals surface area contributed by atoms with Crippen molar-refractivity contribution in [3.8, 4) is 5.75 Å². The van der Waals surface area contributed by atoms with Crippen LogP contribution in [0.2, 0.25) is 0 Å². The number of hydrogen-bond donors (Lipinski definition) is 1. The van der Waals surface area contributed by atoms with Gasteiger partial charge in [-0.1, -0.05) is 0 Å². The van der Waals surface area contributed by atoms with E-state index in [2.05, 4.69) is 4.74 Å². The number of alkyl halides is 1. The molecule has 0 atom stereocenters. The van der Waals surface area contributed by atoms with Crippen LogP contribution in [0.1, 0.15) is 5.56 Å². The Bertz CT molecular complexity index is 785. The van der Waals surface area contributed by atoms with Gasteiger partial charge in [0.2, 0.25) is 5.43 Å². The van der Waals surface area contributed by atoms with Gasteiger partial charge in [-0.3, -0.25) is 4.79 Å². The molecule has 0 aliphatic rings. The van der Waals surface area contributed by atoms with Gasteiger partial charge in [0.25, 0.3) is 0 Å². The summed E-state index contributed by atoms with van der Waals surface area (Å²) in [5, 5.41) is 8.13. The van der Waals surface area contributed by atoms with E-state index in [9.17, 15) is 22.8 Å². The summed E-state index contributed by atoms with van der Waals surface area (Å²) >= 11 is 0. The van der Waals surface area contributed by atoms with Crippen LogP contribution in [0.4, 0.5) is 18.0 Å². The third kappa shape index (κ3) is 2.56. The van der Waals surface area contributed by atoms with E-state index in [-0.39, 0.29) is 17.6 Å². The zero-order valence-electron chi connectivity index (χ0n) is 10.8. The highest BCUT2D eigenvalue weighted by atomic mass is 19.1. The number of carboxylic acid groups (broad SMARTS) is 1. The van der Waals surface area contributed by atoms with Crippen molar-refractivity contribution < 1.29 is 27.8 Å². The van der Waals surface area contributed by atoms with E-state index in [4.69, 9.17) is 5.11 Å². The van der Waals surface area contributed by atoms with Crippen LogP contribution in [0.5, 0.6) is 5.75 Å². The van der Waals surface area contributed by atoms with Crippen molar-refractivity contribution in [3.05, 3.63) is 39.7 Å². The normalized spacial score (nSPS) is 10.9. The van der Waals surface area contributed by atoms with E-state index < -0.39 is 41.0 Å². The molecule has 0 aliphatic carbocycles. The summed E-state index contributed by atoms with van der Waals surface area (Å²) in [4.78, 5) is 22.5. The largest absolute Gasteiger partial charge is 0.511 e. The molecule has 1 heterocycles. The summed E-state index contributed by atoms with van der Waals surface area (Å²) in [5.74, 6) is -2.61. The summed E-state index contributed by atoms with van der Waals surface area (Å²) in [7, 11) is 0. The molecule has 8 heteroatoms. The molecule has 1 N–H and O–H groups in total. The molecule has 0 unspecified atom stereocenters. The molecule has 0 radical (unpaired) electrons. The third-order valence-electron chi connectivity index (χ3n) is 2.97. The number of aryl methyl sites for hydroxylation is 1. The van der Waals surface area contributed by atoms with Crippen LogP contribution in [-0.4, -0.2) is 22.5 Å². The Morgan fingerprint density at radius 3 is 2.67 bits per heavy atom. The van der Waals surface area contributed by atoms with Crippen LogP contribution in [0.25, 0.3) is 10.9 Å². The van der Waals surface area contributed by atoms with Crippen molar-refractivity contribution in [1.82, 2.24) is 4.57 Å². The van der Waals surface area contributed by atoms with Gasteiger partial charge in [-0.25, -0.2) is 18.0 Å². The summed E-state index contributed by atoms with van der Waals surface area (Å²) in [6.45, 7) is -0.0505. The van der Waals surface area contributed by atoms with Crippen molar-refractivity contribution in [2.45, 2.75) is 13.5 Å². The van der Waals surface area contributed by atoms with Crippen molar-refractivity contribution in [1.29, 1.82) is 0 Å². The number of benzene rings is 1. The molecule has 2 aromatic rings. The average Bonchev–Trinajstić information content (AvgIpc) is 2.41. The lowest BCUT2D eigenvalue weighted by atomic mass is 10.1. The molecule has 0 saturated heterocycles. The minimum atomic E-state index is -1.76. The Kier molecular flexibility index (Phi) is 3.88. The molecule has 0 saturated carbocycles. The van der Waals surface area contributed by atoms with E-state index in [1.807, 2.05) is 0 Å². The first-order valence-corrected chi connectivity index (χ1v) is 5.85.